The minimum absolute atomic E-state index is 0.0451. The molecule has 0 fully saturated rings. The van der Waals surface area contributed by atoms with Crippen LogP contribution in [0.3, 0.4) is 0 Å². The van der Waals surface area contributed by atoms with Gasteiger partial charge in [0.25, 0.3) is 0 Å². The van der Waals surface area contributed by atoms with Crippen LogP contribution in [-0.2, 0) is 6.42 Å². The monoisotopic (exact) mass is 303 g/mol. The molecule has 0 aliphatic rings. The lowest BCUT2D eigenvalue weighted by molar-refractivity contribution is 0.721. The Morgan fingerprint density at radius 1 is 1.11 bits per heavy atom. The first-order valence-corrected chi connectivity index (χ1v) is 6.93. The van der Waals surface area contributed by atoms with Crippen LogP contribution < -0.4 is 5.73 Å². The average Bonchev–Trinajstić information content (AvgIpc) is 2.32. The number of nitrogens with two attached hydrogens (primary N) is 1. The standard InChI is InChI=1S/C16H18BrN/c1-11-4-3-5-13(8-11)9-16(18)14-7-6-12(2)15(17)10-14/h3-8,10,16H,9,18H2,1-2H3. The van der Waals surface area contributed by atoms with Crippen LogP contribution in [0.4, 0.5) is 0 Å². The summed E-state index contributed by atoms with van der Waals surface area (Å²) < 4.78 is 1.12. The number of hydrogen-bond donors (Lipinski definition) is 1. The van der Waals surface area contributed by atoms with E-state index in [-0.39, 0.29) is 6.04 Å². The minimum atomic E-state index is 0.0451. The van der Waals surface area contributed by atoms with Gasteiger partial charge in [-0.3, -0.25) is 0 Å². The van der Waals surface area contributed by atoms with Crippen molar-refractivity contribution in [2.24, 2.45) is 5.73 Å². The largest absolute Gasteiger partial charge is 0.324 e. The predicted octanol–water partition coefficient (Wildman–Crippen LogP) is 4.31. The van der Waals surface area contributed by atoms with Gasteiger partial charge in [0.1, 0.15) is 0 Å². The molecule has 1 atom stereocenters. The van der Waals surface area contributed by atoms with Gasteiger partial charge in [0.2, 0.25) is 0 Å². The maximum Gasteiger partial charge on any atom is 0.0336 e. The molecule has 0 heterocycles. The molecule has 0 saturated heterocycles. The molecule has 0 radical (unpaired) electrons. The quantitative estimate of drug-likeness (QED) is 0.898. The van der Waals surface area contributed by atoms with Crippen molar-refractivity contribution in [2.45, 2.75) is 26.3 Å². The van der Waals surface area contributed by atoms with Crippen molar-refractivity contribution >= 4 is 15.9 Å². The van der Waals surface area contributed by atoms with Gasteiger partial charge < -0.3 is 5.73 Å². The number of aryl methyl sites for hydroxylation is 2. The Labute approximate surface area is 117 Å². The van der Waals surface area contributed by atoms with Gasteiger partial charge in [-0.1, -0.05) is 57.9 Å². The highest BCUT2D eigenvalue weighted by atomic mass is 79.9. The number of hydrogen-bond acceptors (Lipinski definition) is 1. The molecule has 1 nitrogen and oxygen atoms in total. The van der Waals surface area contributed by atoms with E-state index in [0.717, 1.165) is 10.9 Å². The van der Waals surface area contributed by atoms with Crippen LogP contribution in [0.15, 0.2) is 46.9 Å². The van der Waals surface area contributed by atoms with E-state index in [1.165, 1.54) is 22.3 Å². The predicted molar refractivity (Wildman–Crippen MR) is 80.7 cm³/mol. The third-order valence-electron chi connectivity index (χ3n) is 3.16. The lowest BCUT2D eigenvalue weighted by Crippen LogP contribution is -2.13. The first kappa shape index (κ1) is 13.3. The summed E-state index contributed by atoms with van der Waals surface area (Å²) in [6, 6.07) is 14.9. The summed E-state index contributed by atoms with van der Waals surface area (Å²) in [6.07, 6.45) is 0.872. The van der Waals surface area contributed by atoms with E-state index < -0.39 is 0 Å². The number of halogens is 1. The van der Waals surface area contributed by atoms with Crippen LogP contribution in [0.25, 0.3) is 0 Å². The highest BCUT2D eigenvalue weighted by Crippen LogP contribution is 2.23. The number of benzene rings is 2. The summed E-state index contributed by atoms with van der Waals surface area (Å²) in [7, 11) is 0. The summed E-state index contributed by atoms with van der Waals surface area (Å²) in [5, 5.41) is 0. The van der Waals surface area contributed by atoms with Gasteiger partial charge in [-0.25, -0.2) is 0 Å². The Kier molecular flexibility index (Phi) is 4.20. The molecule has 2 rings (SSSR count). The SMILES string of the molecule is Cc1cccc(CC(N)c2ccc(C)c(Br)c2)c1. The fourth-order valence-corrected chi connectivity index (χ4v) is 2.45. The van der Waals surface area contributed by atoms with Crippen LogP contribution in [0, 0.1) is 13.8 Å². The van der Waals surface area contributed by atoms with Gasteiger partial charge >= 0.3 is 0 Å². The van der Waals surface area contributed by atoms with Crippen molar-refractivity contribution in [2.75, 3.05) is 0 Å². The molecule has 1 unspecified atom stereocenters. The smallest absolute Gasteiger partial charge is 0.0336 e. The summed E-state index contributed by atoms with van der Waals surface area (Å²) in [4.78, 5) is 0. The summed E-state index contributed by atoms with van der Waals surface area (Å²) in [6.45, 7) is 4.19. The topological polar surface area (TPSA) is 26.0 Å². The van der Waals surface area contributed by atoms with Crippen LogP contribution in [0.5, 0.6) is 0 Å². The van der Waals surface area contributed by atoms with E-state index in [9.17, 15) is 0 Å². The molecule has 2 aromatic carbocycles. The van der Waals surface area contributed by atoms with Gasteiger partial charge in [-0.05, 0) is 43.0 Å². The Morgan fingerprint density at radius 2 is 1.89 bits per heavy atom. The fraction of sp³-hybridized carbons (Fsp3) is 0.250. The van der Waals surface area contributed by atoms with Crippen LogP contribution in [0.1, 0.15) is 28.3 Å². The molecule has 2 N–H and O–H groups in total. The van der Waals surface area contributed by atoms with Gasteiger partial charge in [0.15, 0.2) is 0 Å². The molecule has 2 aromatic rings. The molecule has 2 heteroatoms. The van der Waals surface area contributed by atoms with Gasteiger partial charge in [0, 0.05) is 10.5 Å². The second kappa shape index (κ2) is 5.68. The zero-order chi connectivity index (χ0) is 13.1. The zero-order valence-electron chi connectivity index (χ0n) is 10.8. The third-order valence-corrected chi connectivity index (χ3v) is 4.02. The van der Waals surface area contributed by atoms with Crippen LogP contribution in [-0.4, -0.2) is 0 Å². The second-order valence-electron chi connectivity index (χ2n) is 4.81. The zero-order valence-corrected chi connectivity index (χ0v) is 12.4. The minimum Gasteiger partial charge on any atom is -0.324 e. The summed E-state index contributed by atoms with van der Waals surface area (Å²) >= 11 is 3.56. The third kappa shape index (κ3) is 3.21. The highest BCUT2D eigenvalue weighted by Gasteiger charge is 2.08. The Bertz CT molecular complexity index is 549. The van der Waals surface area contributed by atoms with Crippen molar-refractivity contribution < 1.29 is 0 Å². The van der Waals surface area contributed by atoms with E-state index in [4.69, 9.17) is 5.73 Å². The fourth-order valence-electron chi connectivity index (χ4n) is 2.05. The van der Waals surface area contributed by atoms with E-state index >= 15 is 0 Å². The lowest BCUT2D eigenvalue weighted by atomic mass is 9.98. The molecule has 0 saturated carbocycles. The van der Waals surface area contributed by atoms with Crippen molar-refractivity contribution in [3.63, 3.8) is 0 Å². The van der Waals surface area contributed by atoms with E-state index in [1.807, 2.05) is 0 Å². The Hall–Kier alpha value is -1.12. The van der Waals surface area contributed by atoms with Crippen molar-refractivity contribution in [3.05, 3.63) is 69.2 Å². The molecule has 0 aromatic heterocycles. The van der Waals surface area contributed by atoms with Crippen molar-refractivity contribution in [1.82, 2.24) is 0 Å². The summed E-state index contributed by atoms with van der Waals surface area (Å²) in [5.41, 5.74) is 11.3. The molecule has 18 heavy (non-hydrogen) atoms. The van der Waals surface area contributed by atoms with Crippen molar-refractivity contribution in [3.8, 4) is 0 Å². The molecule has 0 aliphatic carbocycles. The lowest BCUT2D eigenvalue weighted by Gasteiger charge is -2.13. The summed E-state index contributed by atoms with van der Waals surface area (Å²) in [5.74, 6) is 0. The highest BCUT2D eigenvalue weighted by molar-refractivity contribution is 9.10. The molecular formula is C16H18BrN. The number of rotatable bonds is 3. The van der Waals surface area contributed by atoms with E-state index in [0.29, 0.717) is 0 Å². The second-order valence-corrected chi connectivity index (χ2v) is 5.66. The average molecular weight is 304 g/mol. The molecule has 94 valence electrons. The van der Waals surface area contributed by atoms with Gasteiger partial charge in [0.05, 0.1) is 0 Å². The molecule has 0 aliphatic heterocycles. The van der Waals surface area contributed by atoms with E-state index in [1.54, 1.807) is 0 Å². The van der Waals surface area contributed by atoms with E-state index in [2.05, 4.69) is 72.2 Å². The molecule has 0 bridgehead atoms. The molecule has 0 spiro atoms. The maximum absolute atomic E-state index is 6.28. The Morgan fingerprint density at radius 3 is 2.56 bits per heavy atom. The Balaban J connectivity index is 2.16. The van der Waals surface area contributed by atoms with Crippen molar-refractivity contribution in [1.29, 1.82) is 0 Å². The normalized spacial score (nSPS) is 12.4. The first-order chi connectivity index (χ1) is 8.56. The first-order valence-electron chi connectivity index (χ1n) is 6.13. The van der Waals surface area contributed by atoms with Gasteiger partial charge in [-0.15, -0.1) is 0 Å². The molecular weight excluding hydrogens is 286 g/mol. The van der Waals surface area contributed by atoms with Crippen LogP contribution >= 0.6 is 15.9 Å². The van der Waals surface area contributed by atoms with Crippen LogP contribution in [0.2, 0.25) is 0 Å². The molecule has 0 amide bonds. The maximum atomic E-state index is 6.28. The van der Waals surface area contributed by atoms with Gasteiger partial charge in [-0.2, -0.15) is 0 Å².